The lowest BCUT2D eigenvalue weighted by molar-refractivity contribution is -0.128. The number of piperazine rings is 1. The van der Waals surface area contributed by atoms with Crippen LogP contribution < -0.4 is 15.8 Å². The Morgan fingerprint density at radius 3 is 2.65 bits per heavy atom. The summed E-state index contributed by atoms with van der Waals surface area (Å²) in [6.07, 6.45) is 4.73. The van der Waals surface area contributed by atoms with Gasteiger partial charge in [0.15, 0.2) is 0 Å². The maximum atomic E-state index is 16.8. The summed E-state index contributed by atoms with van der Waals surface area (Å²) in [4.78, 5) is 36.2. The number of aromatic nitrogens is 4. The van der Waals surface area contributed by atoms with E-state index in [4.69, 9.17) is 16.6 Å². The van der Waals surface area contributed by atoms with Gasteiger partial charge in [0.05, 0.1) is 45.4 Å². The number of nitrogens with one attached hydrogen (secondary N) is 2. The van der Waals surface area contributed by atoms with Crippen LogP contribution in [0.15, 0.2) is 54.1 Å². The van der Waals surface area contributed by atoms with Crippen LogP contribution in [-0.4, -0.2) is 62.3 Å². The van der Waals surface area contributed by atoms with Gasteiger partial charge in [-0.05, 0) is 62.1 Å². The van der Waals surface area contributed by atoms with Gasteiger partial charge in [0.2, 0.25) is 5.91 Å². The molecule has 2 aromatic carbocycles. The van der Waals surface area contributed by atoms with Crippen molar-refractivity contribution in [2.24, 2.45) is 0 Å². The molecule has 2 aliphatic heterocycles. The van der Waals surface area contributed by atoms with Crippen LogP contribution in [-0.2, 0) is 4.79 Å². The number of anilines is 2. The third kappa shape index (κ3) is 4.34. The lowest BCUT2D eigenvalue weighted by atomic mass is 9.93. The van der Waals surface area contributed by atoms with Crippen molar-refractivity contribution in [3.8, 4) is 16.8 Å². The summed E-state index contributed by atoms with van der Waals surface area (Å²) in [5, 5.41) is 11.9. The van der Waals surface area contributed by atoms with Crippen LogP contribution in [0.25, 0.3) is 38.6 Å². The van der Waals surface area contributed by atoms with E-state index in [0.717, 1.165) is 27.7 Å². The Morgan fingerprint density at radius 1 is 1.13 bits per heavy atom. The second kappa shape index (κ2) is 11.0. The zero-order chi connectivity index (χ0) is 32.6. The van der Waals surface area contributed by atoms with Gasteiger partial charge in [0.1, 0.15) is 11.5 Å². The SMILES string of the molecule is C=CC(=O)N1CC2CNc3c(c4cc(F)c(-c5c(C)ccc6[nH]ncc56)c(Cl)c4n(-c4c(C)ccnc4C(C)C)c3=O)N2CC1C. The normalized spacial score (nSPS) is 17.7. The predicted molar refractivity (Wildman–Crippen MR) is 182 cm³/mol. The first-order valence-corrected chi connectivity index (χ1v) is 15.8. The van der Waals surface area contributed by atoms with Crippen LogP contribution in [0.5, 0.6) is 0 Å². The Labute approximate surface area is 270 Å². The van der Waals surface area contributed by atoms with Crippen molar-refractivity contribution >= 4 is 50.7 Å². The van der Waals surface area contributed by atoms with Gasteiger partial charge in [-0.2, -0.15) is 5.10 Å². The average molecular weight is 640 g/mol. The molecule has 0 radical (unpaired) electrons. The van der Waals surface area contributed by atoms with Crippen molar-refractivity contribution in [3.63, 3.8) is 0 Å². The van der Waals surface area contributed by atoms with Crippen LogP contribution in [0.2, 0.25) is 5.02 Å². The molecule has 2 atom stereocenters. The van der Waals surface area contributed by atoms with Crippen LogP contribution in [0, 0.1) is 19.7 Å². The number of carbonyl (C=O) groups excluding carboxylic acids is 1. The highest BCUT2D eigenvalue weighted by molar-refractivity contribution is 6.39. The van der Waals surface area contributed by atoms with Gasteiger partial charge < -0.3 is 15.1 Å². The van der Waals surface area contributed by atoms with Crippen LogP contribution in [0.3, 0.4) is 0 Å². The molecule has 3 aromatic heterocycles. The minimum absolute atomic E-state index is 0.0119. The monoisotopic (exact) mass is 639 g/mol. The van der Waals surface area contributed by atoms with Crippen LogP contribution >= 0.6 is 11.6 Å². The number of carbonyl (C=O) groups is 1. The fraction of sp³-hybridized carbons (Fsp3) is 0.314. The molecule has 1 saturated heterocycles. The molecule has 1 fully saturated rings. The fourth-order valence-electron chi connectivity index (χ4n) is 7.23. The molecule has 0 aliphatic carbocycles. The van der Waals surface area contributed by atoms with E-state index in [1.54, 1.807) is 21.9 Å². The molecule has 236 valence electrons. The van der Waals surface area contributed by atoms with E-state index < -0.39 is 5.82 Å². The summed E-state index contributed by atoms with van der Waals surface area (Å²) < 4.78 is 18.4. The van der Waals surface area contributed by atoms with Crippen LogP contribution in [0.1, 0.15) is 43.5 Å². The van der Waals surface area contributed by atoms with Crippen molar-refractivity contribution in [2.45, 2.75) is 52.6 Å². The van der Waals surface area contributed by atoms with E-state index >= 15 is 4.39 Å². The molecule has 46 heavy (non-hydrogen) atoms. The highest BCUT2D eigenvalue weighted by atomic mass is 35.5. The molecular weight excluding hydrogens is 605 g/mol. The first-order valence-electron chi connectivity index (χ1n) is 15.5. The second-order valence-corrected chi connectivity index (χ2v) is 13.0. The molecule has 9 nitrogen and oxygen atoms in total. The van der Waals surface area contributed by atoms with E-state index in [2.05, 4.69) is 27.0 Å². The Hall–Kier alpha value is -4.70. The quantitative estimate of drug-likeness (QED) is 0.219. The zero-order valence-corrected chi connectivity index (χ0v) is 27.2. The van der Waals surface area contributed by atoms with E-state index in [9.17, 15) is 9.59 Å². The molecule has 1 amide bonds. The Kier molecular flexibility index (Phi) is 7.15. The lowest BCUT2D eigenvalue weighted by Crippen LogP contribution is -2.62. The molecule has 11 heteroatoms. The van der Waals surface area contributed by atoms with E-state index in [1.807, 2.05) is 52.8 Å². The molecule has 2 N–H and O–H groups in total. The maximum Gasteiger partial charge on any atom is 0.281 e. The fourth-order valence-corrected chi connectivity index (χ4v) is 7.60. The predicted octanol–water partition coefficient (Wildman–Crippen LogP) is 6.48. The smallest absolute Gasteiger partial charge is 0.281 e. The number of halogens is 2. The number of amides is 1. The minimum atomic E-state index is -0.510. The number of hydrogen-bond donors (Lipinski definition) is 2. The Balaban J connectivity index is 1.61. The van der Waals surface area contributed by atoms with E-state index in [-0.39, 0.29) is 40.1 Å². The first kappa shape index (κ1) is 30.0. The number of nitrogens with zero attached hydrogens (tertiary/aromatic N) is 5. The van der Waals surface area contributed by atoms with Crippen molar-refractivity contribution in [1.29, 1.82) is 0 Å². The van der Waals surface area contributed by atoms with Gasteiger partial charge in [-0.1, -0.05) is 38.1 Å². The Morgan fingerprint density at radius 2 is 1.91 bits per heavy atom. The molecule has 2 aliphatic rings. The minimum Gasteiger partial charge on any atom is -0.377 e. The summed E-state index contributed by atoms with van der Waals surface area (Å²) in [6, 6.07) is 6.85. The Bertz CT molecular complexity index is 2150. The number of benzene rings is 2. The molecule has 2 unspecified atom stereocenters. The number of aromatic amines is 1. The maximum absolute atomic E-state index is 16.8. The van der Waals surface area contributed by atoms with Gasteiger partial charge in [-0.15, -0.1) is 0 Å². The summed E-state index contributed by atoms with van der Waals surface area (Å²) in [7, 11) is 0. The molecule has 5 heterocycles. The second-order valence-electron chi connectivity index (χ2n) is 12.6. The highest BCUT2D eigenvalue weighted by Gasteiger charge is 2.40. The first-order chi connectivity index (χ1) is 22.0. The van der Waals surface area contributed by atoms with Gasteiger partial charge in [-0.3, -0.25) is 24.2 Å². The summed E-state index contributed by atoms with van der Waals surface area (Å²) in [5.74, 6) is -0.666. The lowest BCUT2D eigenvalue weighted by Gasteiger charge is -2.49. The largest absolute Gasteiger partial charge is 0.377 e. The third-order valence-electron chi connectivity index (χ3n) is 9.43. The molecule has 0 bridgehead atoms. The number of fused-ring (bicyclic) bond motifs is 6. The van der Waals surface area contributed by atoms with E-state index in [1.165, 1.54) is 12.1 Å². The van der Waals surface area contributed by atoms with Crippen molar-refractivity contribution in [2.75, 3.05) is 29.9 Å². The molecule has 7 rings (SSSR count). The average Bonchev–Trinajstić information content (AvgIpc) is 3.51. The molecular formula is C35H35ClFN7O2. The summed E-state index contributed by atoms with van der Waals surface area (Å²) in [6.45, 7) is 14.9. The standard InChI is InChI=1S/C35H35ClFN7O2/c1-7-26(45)42-16-21-13-39-31-34(43(21)15-20(42)6)22-12-24(37)28(27-18(4)8-9-25-23(27)14-40-41-25)29(36)33(22)44(35(31)46)32-19(5)10-11-38-30(32)17(2)3/h7-12,14,17,20-21,39H,1,13,15-16H2,2-6H3,(H,40,41). The van der Waals surface area contributed by atoms with Crippen molar-refractivity contribution in [1.82, 2.24) is 24.6 Å². The topological polar surface area (TPSA) is 99.1 Å². The summed E-state index contributed by atoms with van der Waals surface area (Å²) in [5.41, 5.74) is 5.65. The number of aryl methyl sites for hydroxylation is 2. The molecule has 0 saturated carbocycles. The summed E-state index contributed by atoms with van der Waals surface area (Å²) >= 11 is 7.41. The number of pyridine rings is 2. The molecule has 0 spiro atoms. The van der Waals surface area contributed by atoms with Gasteiger partial charge in [0.25, 0.3) is 5.56 Å². The number of rotatable bonds is 4. The zero-order valence-electron chi connectivity index (χ0n) is 26.4. The van der Waals surface area contributed by atoms with Gasteiger partial charge >= 0.3 is 0 Å². The van der Waals surface area contributed by atoms with E-state index in [0.29, 0.717) is 53.2 Å². The van der Waals surface area contributed by atoms with Gasteiger partial charge in [0, 0.05) is 53.8 Å². The number of H-pyrrole nitrogens is 1. The highest BCUT2D eigenvalue weighted by Crippen LogP contribution is 2.47. The van der Waals surface area contributed by atoms with Crippen molar-refractivity contribution < 1.29 is 9.18 Å². The van der Waals surface area contributed by atoms with Crippen LogP contribution in [0.4, 0.5) is 15.8 Å². The molecule has 5 aromatic rings. The number of hydrogen-bond acceptors (Lipinski definition) is 6. The van der Waals surface area contributed by atoms with Gasteiger partial charge in [-0.25, -0.2) is 4.39 Å². The third-order valence-corrected chi connectivity index (χ3v) is 9.80. The van der Waals surface area contributed by atoms with Crippen molar-refractivity contribution in [3.05, 3.63) is 87.3 Å².